The summed E-state index contributed by atoms with van der Waals surface area (Å²) >= 11 is 3.54. The van der Waals surface area contributed by atoms with E-state index >= 15 is 0 Å². The van der Waals surface area contributed by atoms with Crippen LogP contribution in [0.4, 0.5) is 0 Å². The number of rotatable bonds is 6. The molecule has 0 aromatic heterocycles. The normalized spacial score (nSPS) is 12.5. The predicted molar refractivity (Wildman–Crippen MR) is 72.0 cm³/mol. The Labute approximate surface area is 107 Å². The molecule has 0 heterocycles. The third-order valence-electron chi connectivity index (χ3n) is 2.64. The van der Waals surface area contributed by atoms with Crippen LogP contribution in [0.2, 0.25) is 0 Å². The highest BCUT2D eigenvalue weighted by molar-refractivity contribution is 9.10. The molecule has 0 radical (unpaired) electrons. The van der Waals surface area contributed by atoms with Crippen molar-refractivity contribution in [3.8, 4) is 5.75 Å². The molecule has 0 spiro atoms. The summed E-state index contributed by atoms with van der Waals surface area (Å²) in [5.41, 5.74) is 1.26. The molecule has 1 aromatic carbocycles. The molecular formula is C13H20BrNO. The molecule has 16 heavy (non-hydrogen) atoms. The van der Waals surface area contributed by atoms with Gasteiger partial charge in [0.25, 0.3) is 0 Å². The number of halogens is 1. The molecule has 0 aliphatic rings. The van der Waals surface area contributed by atoms with Crippen molar-refractivity contribution in [1.82, 2.24) is 5.32 Å². The SMILES string of the molecule is CCCCOc1ccc(C(C)NC)cc1Br. The van der Waals surface area contributed by atoms with E-state index in [4.69, 9.17) is 4.74 Å². The summed E-state index contributed by atoms with van der Waals surface area (Å²) in [5, 5.41) is 3.22. The fraction of sp³-hybridized carbons (Fsp3) is 0.538. The van der Waals surface area contributed by atoms with Gasteiger partial charge in [-0.2, -0.15) is 0 Å². The van der Waals surface area contributed by atoms with Crippen molar-refractivity contribution in [2.24, 2.45) is 0 Å². The van der Waals surface area contributed by atoms with Gasteiger partial charge in [0.2, 0.25) is 0 Å². The quantitative estimate of drug-likeness (QED) is 0.801. The fourth-order valence-corrected chi connectivity index (χ4v) is 1.91. The molecule has 90 valence electrons. The van der Waals surface area contributed by atoms with Crippen molar-refractivity contribution in [1.29, 1.82) is 0 Å². The maximum absolute atomic E-state index is 5.68. The van der Waals surface area contributed by atoms with Crippen molar-refractivity contribution in [3.63, 3.8) is 0 Å². The number of ether oxygens (including phenoxy) is 1. The summed E-state index contributed by atoms with van der Waals surface area (Å²) in [6, 6.07) is 6.61. The van der Waals surface area contributed by atoms with E-state index in [2.05, 4.69) is 47.2 Å². The number of hydrogen-bond acceptors (Lipinski definition) is 2. The summed E-state index contributed by atoms with van der Waals surface area (Å²) in [6.07, 6.45) is 2.26. The zero-order chi connectivity index (χ0) is 12.0. The van der Waals surface area contributed by atoms with Crippen molar-refractivity contribution in [3.05, 3.63) is 28.2 Å². The summed E-state index contributed by atoms with van der Waals surface area (Å²) in [7, 11) is 1.96. The molecule has 0 aliphatic heterocycles. The Hall–Kier alpha value is -0.540. The molecule has 0 fully saturated rings. The average molecular weight is 286 g/mol. The maximum atomic E-state index is 5.68. The zero-order valence-corrected chi connectivity index (χ0v) is 11.8. The first kappa shape index (κ1) is 13.5. The van der Waals surface area contributed by atoms with Gasteiger partial charge in [0.1, 0.15) is 5.75 Å². The lowest BCUT2D eigenvalue weighted by Gasteiger charge is -2.13. The summed E-state index contributed by atoms with van der Waals surface area (Å²) in [6.45, 7) is 5.09. The minimum Gasteiger partial charge on any atom is -0.492 e. The van der Waals surface area contributed by atoms with Gasteiger partial charge < -0.3 is 10.1 Å². The highest BCUT2D eigenvalue weighted by atomic mass is 79.9. The van der Waals surface area contributed by atoms with Gasteiger partial charge in [-0.05, 0) is 54.0 Å². The van der Waals surface area contributed by atoms with Gasteiger partial charge in [-0.1, -0.05) is 19.4 Å². The largest absolute Gasteiger partial charge is 0.492 e. The van der Waals surface area contributed by atoms with Crippen molar-refractivity contribution < 1.29 is 4.74 Å². The Morgan fingerprint density at radius 3 is 2.75 bits per heavy atom. The topological polar surface area (TPSA) is 21.3 Å². The molecule has 0 aliphatic carbocycles. The van der Waals surface area contributed by atoms with Crippen LogP contribution in [0, 0.1) is 0 Å². The summed E-state index contributed by atoms with van der Waals surface area (Å²) < 4.78 is 6.71. The zero-order valence-electron chi connectivity index (χ0n) is 10.2. The maximum Gasteiger partial charge on any atom is 0.133 e. The molecule has 1 aromatic rings. The van der Waals surface area contributed by atoms with E-state index in [1.165, 1.54) is 5.56 Å². The lowest BCUT2D eigenvalue weighted by molar-refractivity contribution is 0.307. The van der Waals surface area contributed by atoms with E-state index in [1.807, 2.05) is 13.1 Å². The number of hydrogen-bond donors (Lipinski definition) is 1. The number of unbranched alkanes of at least 4 members (excludes halogenated alkanes) is 1. The van der Waals surface area contributed by atoms with Gasteiger partial charge >= 0.3 is 0 Å². The van der Waals surface area contributed by atoms with E-state index in [9.17, 15) is 0 Å². The minimum atomic E-state index is 0.362. The van der Waals surface area contributed by atoms with Crippen LogP contribution in [0.15, 0.2) is 22.7 Å². The van der Waals surface area contributed by atoms with Gasteiger partial charge in [-0.15, -0.1) is 0 Å². The Morgan fingerprint density at radius 1 is 1.44 bits per heavy atom. The van der Waals surface area contributed by atoms with Crippen LogP contribution in [0.3, 0.4) is 0 Å². The van der Waals surface area contributed by atoms with E-state index in [1.54, 1.807) is 0 Å². The number of nitrogens with one attached hydrogen (secondary N) is 1. The van der Waals surface area contributed by atoms with Gasteiger partial charge in [-0.3, -0.25) is 0 Å². The molecule has 1 unspecified atom stereocenters. The van der Waals surface area contributed by atoms with Crippen LogP contribution in [0.1, 0.15) is 38.3 Å². The van der Waals surface area contributed by atoms with Crippen LogP contribution in [-0.2, 0) is 0 Å². The Morgan fingerprint density at radius 2 is 2.19 bits per heavy atom. The molecule has 0 saturated carbocycles. The standard InChI is InChI=1S/C13H20BrNO/c1-4-5-8-16-13-7-6-11(9-12(13)14)10(2)15-3/h6-7,9-10,15H,4-5,8H2,1-3H3. The van der Waals surface area contributed by atoms with Gasteiger partial charge in [0.05, 0.1) is 11.1 Å². The predicted octanol–water partition coefficient (Wildman–Crippen LogP) is 3.91. The van der Waals surface area contributed by atoms with Crippen LogP contribution in [-0.4, -0.2) is 13.7 Å². The van der Waals surface area contributed by atoms with Crippen molar-refractivity contribution in [2.45, 2.75) is 32.7 Å². The molecule has 0 saturated heterocycles. The van der Waals surface area contributed by atoms with Gasteiger partial charge in [-0.25, -0.2) is 0 Å². The Balaban J connectivity index is 2.67. The second-order valence-electron chi connectivity index (χ2n) is 3.90. The van der Waals surface area contributed by atoms with Crippen LogP contribution >= 0.6 is 15.9 Å². The van der Waals surface area contributed by atoms with Gasteiger partial charge in [0.15, 0.2) is 0 Å². The second-order valence-corrected chi connectivity index (χ2v) is 4.76. The Kier molecular flexibility index (Phi) is 5.85. The third-order valence-corrected chi connectivity index (χ3v) is 3.26. The summed E-state index contributed by atoms with van der Waals surface area (Å²) in [5.74, 6) is 0.931. The average Bonchev–Trinajstić information content (AvgIpc) is 2.30. The lowest BCUT2D eigenvalue weighted by atomic mass is 10.1. The molecule has 1 N–H and O–H groups in total. The molecular weight excluding hydrogens is 266 g/mol. The molecule has 0 bridgehead atoms. The van der Waals surface area contributed by atoms with E-state index in [-0.39, 0.29) is 0 Å². The molecule has 3 heteroatoms. The molecule has 2 nitrogen and oxygen atoms in total. The Bertz CT molecular complexity index is 328. The second kappa shape index (κ2) is 6.92. The van der Waals surface area contributed by atoms with Crippen LogP contribution in [0.25, 0.3) is 0 Å². The van der Waals surface area contributed by atoms with Crippen LogP contribution < -0.4 is 10.1 Å². The molecule has 1 atom stereocenters. The minimum absolute atomic E-state index is 0.362. The van der Waals surface area contributed by atoms with E-state index in [0.29, 0.717) is 6.04 Å². The van der Waals surface area contributed by atoms with Crippen molar-refractivity contribution >= 4 is 15.9 Å². The summed E-state index contributed by atoms with van der Waals surface area (Å²) in [4.78, 5) is 0. The van der Waals surface area contributed by atoms with Crippen molar-refractivity contribution in [2.75, 3.05) is 13.7 Å². The first-order valence-electron chi connectivity index (χ1n) is 5.78. The highest BCUT2D eigenvalue weighted by Gasteiger charge is 2.06. The number of benzene rings is 1. The first-order valence-corrected chi connectivity index (χ1v) is 6.57. The van der Waals surface area contributed by atoms with E-state index < -0.39 is 0 Å². The van der Waals surface area contributed by atoms with Crippen LogP contribution in [0.5, 0.6) is 5.75 Å². The highest BCUT2D eigenvalue weighted by Crippen LogP contribution is 2.28. The van der Waals surface area contributed by atoms with Gasteiger partial charge in [0, 0.05) is 6.04 Å². The first-order chi connectivity index (χ1) is 7.69. The third kappa shape index (κ3) is 3.80. The van der Waals surface area contributed by atoms with E-state index in [0.717, 1.165) is 29.7 Å². The smallest absolute Gasteiger partial charge is 0.133 e. The molecule has 1 rings (SSSR count). The molecule has 0 amide bonds. The fourth-order valence-electron chi connectivity index (χ4n) is 1.40. The lowest BCUT2D eigenvalue weighted by Crippen LogP contribution is -2.12. The monoisotopic (exact) mass is 285 g/mol.